The van der Waals surface area contributed by atoms with E-state index >= 15 is 0 Å². The van der Waals surface area contributed by atoms with E-state index in [-0.39, 0.29) is 5.91 Å². The third kappa shape index (κ3) is 3.37. The number of carbonyl (C=O) groups excluding carboxylic acids is 1. The van der Waals surface area contributed by atoms with Crippen molar-refractivity contribution >= 4 is 27.9 Å². The van der Waals surface area contributed by atoms with Gasteiger partial charge in [0.1, 0.15) is 11.5 Å². The maximum absolute atomic E-state index is 12.7. The third-order valence-electron chi connectivity index (χ3n) is 4.16. The van der Waals surface area contributed by atoms with E-state index in [1.165, 1.54) is 7.11 Å². The molecule has 0 saturated heterocycles. The summed E-state index contributed by atoms with van der Waals surface area (Å²) in [7, 11) is 3.09. The van der Waals surface area contributed by atoms with Gasteiger partial charge in [-0.1, -0.05) is 12.1 Å². The number of hydrogen-bond donors (Lipinski definition) is 1. The fraction of sp³-hybridized carbons (Fsp3) is 0.100. The highest BCUT2D eigenvalue weighted by atomic mass is 32.1. The molecule has 0 unspecified atom stereocenters. The number of aromatic nitrogens is 2. The van der Waals surface area contributed by atoms with Crippen molar-refractivity contribution in [1.82, 2.24) is 9.38 Å². The molecule has 0 saturated carbocycles. The van der Waals surface area contributed by atoms with Crippen molar-refractivity contribution in [3.8, 4) is 22.8 Å². The Balaban J connectivity index is 1.61. The average molecular weight is 379 g/mol. The number of ether oxygens (including phenoxy) is 2. The second-order valence-corrected chi connectivity index (χ2v) is 6.69. The molecule has 0 aliphatic rings. The number of imidazole rings is 1. The minimum atomic E-state index is -0.270. The molecule has 0 spiro atoms. The molecule has 136 valence electrons. The van der Waals surface area contributed by atoms with E-state index in [9.17, 15) is 4.79 Å². The number of benzene rings is 2. The van der Waals surface area contributed by atoms with E-state index in [4.69, 9.17) is 9.47 Å². The van der Waals surface area contributed by atoms with Crippen LogP contribution in [-0.4, -0.2) is 29.5 Å². The van der Waals surface area contributed by atoms with Gasteiger partial charge in [-0.25, -0.2) is 4.98 Å². The summed E-state index contributed by atoms with van der Waals surface area (Å²) in [6.07, 6.45) is 3.94. The van der Waals surface area contributed by atoms with Crippen molar-refractivity contribution < 1.29 is 14.3 Å². The first-order valence-electron chi connectivity index (χ1n) is 8.24. The van der Waals surface area contributed by atoms with Crippen LogP contribution < -0.4 is 14.8 Å². The Bertz CT molecular complexity index is 1090. The predicted octanol–water partition coefficient (Wildman–Crippen LogP) is 4.33. The molecule has 6 nitrogen and oxygen atoms in total. The summed E-state index contributed by atoms with van der Waals surface area (Å²) in [5.41, 5.74) is 2.88. The number of fused-ring (bicyclic) bond motifs is 1. The topological polar surface area (TPSA) is 64.9 Å². The summed E-state index contributed by atoms with van der Waals surface area (Å²) < 4.78 is 12.5. The largest absolute Gasteiger partial charge is 0.497 e. The van der Waals surface area contributed by atoms with Gasteiger partial charge in [0.05, 0.1) is 25.5 Å². The molecule has 0 bridgehead atoms. The summed E-state index contributed by atoms with van der Waals surface area (Å²) in [4.78, 5) is 18.3. The van der Waals surface area contributed by atoms with Gasteiger partial charge in [0.15, 0.2) is 4.96 Å². The van der Waals surface area contributed by atoms with Crippen molar-refractivity contribution in [3.05, 3.63) is 65.8 Å². The van der Waals surface area contributed by atoms with E-state index in [0.29, 0.717) is 22.7 Å². The fourth-order valence-corrected chi connectivity index (χ4v) is 3.51. The second-order valence-electron chi connectivity index (χ2n) is 5.82. The first-order valence-corrected chi connectivity index (χ1v) is 9.12. The van der Waals surface area contributed by atoms with Gasteiger partial charge in [-0.05, 0) is 30.3 Å². The zero-order valence-corrected chi connectivity index (χ0v) is 15.6. The van der Waals surface area contributed by atoms with Crippen LogP contribution in [0.5, 0.6) is 11.5 Å². The molecular weight excluding hydrogens is 362 g/mol. The summed E-state index contributed by atoms with van der Waals surface area (Å²) >= 11 is 1.58. The number of rotatable bonds is 5. The standard InChI is InChI=1S/C20H17N3O3S/c1-25-15-6-7-18(26-2)16(11-15)19(24)21-14-5-3-4-13(10-14)17-12-23-8-9-27-20(23)22-17/h3-12H,1-2H3,(H,21,24). The van der Waals surface area contributed by atoms with Gasteiger partial charge in [-0.3, -0.25) is 9.20 Å². The van der Waals surface area contributed by atoms with Crippen LogP contribution in [0.1, 0.15) is 10.4 Å². The van der Waals surface area contributed by atoms with Crippen molar-refractivity contribution in [2.75, 3.05) is 19.5 Å². The molecule has 0 radical (unpaired) electrons. The molecule has 4 rings (SSSR count). The van der Waals surface area contributed by atoms with Crippen LogP contribution in [0.25, 0.3) is 16.2 Å². The maximum atomic E-state index is 12.7. The van der Waals surface area contributed by atoms with Gasteiger partial charge in [0.25, 0.3) is 5.91 Å². The van der Waals surface area contributed by atoms with Gasteiger partial charge >= 0.3 is 0 Å². The zero-order chi connectivity index (χ0) is 18.8. The van der Waals surface area contributed by atoms with Crippen LogP contribution in [0, 0.1) is 0 Å². The second kappa shape index (κ2) is 7.13. The highest BCUT2D eigenvalue weighted by molar-refractivity contribution is 7.15. The number of carbonyl (C=O) groups is 1. The van der Waals surface area contributed by atoms with E-state index in [2.05, 4.69) is 10.3 Å². The highest BCUT2D eigenvalue weighted by Gasteiger charge is 2.14. The van der Waals surface area contributed by atoms with Crippen molar-refractivity contribution in [1.29, 1.82) is 0 Å². The summed E-state index contributed by atoms with van der Waals surface area (Å²) in [6.45, 7) is 0. The van der Waals surface area contributed by atoms with Gasteiger partial charge in [0, 0.05) is 29.0 Å². The average Bonchev–Trinajstić information content (AvgIpc) is 3.30. The van der Waals surface area contributed by atoms with Crippen molar-refractivity contribution in [2.24, 2.45) is 0 Å². The molecular formula is C20H17N3O3S. The molecule has 0 fully saturated rings. The van der Waals surface area contributed by atoms with Gasteiger partial charge in [-0.2, -0.15) is 0 Å². The Morgan fingerprint density at radius 3 is 2.81 bits per heavy atom. The smallest absolute Gasteiger partial charge is 0.259 e. The van der Waals surface area contributed by atoms with Gasteiger partial charge in [0.2, 0.25) is 0 Å². The lowest BCUT2D eigenvalue weighted by Crippen LogP contribution is -2.13. The fourth-order valence-electron chi connectivity index (χ4n) is 2.81. The molecule has 2 heterocycles. The number of amides is 1. The van der Waals surface area contributed by atoms with E-state index in [0.717, 1.165) is 16.2 Å². The SMILES string of the molecule is COc1ccc(OC)c(C(=O)Nc2cccc(-c3cn4ccsc4n3)c2)c1. The van der Waals surface area contributed by atoms with Crippen LogP contribution in [0.4, 0.5) is 5.69 Å². The van der Waals surface area contributed by atoms with Crippen LogP contribution >= 0.6 is 11.3 Å². The van der Waals surface area contributed by atoms with E-state index in [1.54, 1.807) is 36.6 Å². The molecule has 7 heteroatoms. The summed E-state index contributed by atoms with van der Waals surface area (Å²) in [5.74, 6) is 0.806. The summed E-state index contributed by atoms with van der Waals surface area (Å²) in [6, 6.07) is 12.7. The lowest BCUT2D eigenvalue weighted by molar-refractivity contribution is 0.102. The first-order chi connectivity index (χ1) is 13.2. The monoisotopic (exact) mass is 379 g/mol. The number of thiazole rings is 1. The van der Waals surface area contributed by atoms with Crippen molar-refractivity contribution in [2.45, 2.75) is 0 Å². The number of nitrogens with one attached hydrogen (secondary N) is 1. The third-order valence-corrected chi connectivity index (χ3v) is 4.93. The van der Waals surface area contributed by atoms with Gasteiger partial charge in [-0.15, -0.1) is 11.3 Å². The van der Waals surface area contributed by atoms with Gasteiger partial charge < -0.3 is 14.8 Å². The zero-order valence-electron chi connectivity index (χ0n) is 14.8. The number of nitrogens with zero attached hydrogens (tertiary/aromatic N) is 2. The lowest BCUT2D eigenvalue weighted by atomic mass is 10.1. The Morgan fingerprint density at radius 2 is 2.04 bits per heavy atom. The van der Waals surface area contributed by atoms with Crippen LogP contribution in [0.15, 0.2) is 60.2 Å². The minimum absolute atomic E-state index is 0.270. The summed E-state index contributed by atoms with van der Waals surface area (Å²) in [5, 5.41) is 4.91. The molecule has 4 aromatic rings. The highest BCUT2D eigenvalue weighted by Crippen LogP contribution is 2.27. The molecule has 0 aliphatic heterocycles. The quantitative estimate of drug-likeness (QED) is 0.560. The number of methoxy groups -OCH3 is 2. The maximum Gasteiger partial charge on any atom is 0.259 e. The molecule has 1 amide bonds. The Labute approximate surface area is 160 Å². The molecule has 27 heavy (non-hydrogen) atoms. The van der Waals surface area contributed by atoms with Crippen LogP contribution in [-0.2, 0) is 0 Å². The Kier molecular flexibility index (Phi) is 4.52. The van der Waals surface area contributed by atoms with Crippen LogP contribution in [0.3, 0.4) is 0 Å². The Hall–Kier alpha value is -3.32. The predicted molar refractivity (Wildman–Crippen MR) is 106 cm³/mol. The molecule has 0 atom stereocenters. The van der Waals surface area contributed by atoms with E-state index < -0.39 is 0 Å². The number of anilines is 1. The molecule has 2 aromatic carbocycles. The van der Waals surface area contributed by atoms with Crippen molar-refractivity contribution in [3.63, 3.8) is 0 Å². The Morgan fingerprint density at radius 1 is 1.15 bits per heavy atom. The lowest BCUT2D eigenvalue weighted by Gasteiger charge is -2.11. The van der Waals surface area contributed by atoms with Crippen LogP contribution in [0.2, 0.25) is 0 Å². The van der Waals surface area contributed by atoms with E-state index in [1.807, 2.05) is 46.4 Å². The molecule has 1 N–H and O–H groups in total. The number of hydrogen-bond acceptors (Lipinski definition) is 5. The molecule has 2 aromatic heterocycles. The minimum Gasteiger partial charge on any atom is -0.497 e. The normalized spacial score (nSPS) is 10.7. The molecule has 0 aliphatic carbocycles. The first kappa shape index (κ1) is 17.1.